The predicted octanol–water partition coefficient (Wildman–Crippen LogP) is 6.80. The van der Waals surface area contributed by atoms with E-state index in [2.05, 4.69) is 39.8 Å². The molecule has 0 atom stereocenters. The molecule has 1 heteroatoms. The van der Waals surface area contributed by atoms with Crippen LogP contribution in [0.2, 0.25) is 17.7 Å². The molecule has 0 amide bonds. The van der Waals surface area contributed by atoms with Crippen LogP contribution in [0.3, 0.4) is 0 Å². The quantitative estimate of drug-likeness (QED) is 0.265. The first-order chi connectivity index (χ1) is 8.74. The predicted molar refractivity (Wildman–Crippen MR) is 89.1 cm³/mol. The topological polar surface area (TPSA) is 0 Å². The van der Waals surface area contributed by atoms with Crippen molar-refractivity contribution in [1.29, 1.82) is 0 Å². The molecule has 0 saturated carbocycles. The van der Waals surface area contributed by atoms with Crippen LogP contribution in [-0.4, -0.2) is 18.4 Å². The molecule has 0 radical (unpaired) electrons. The molecule has 0 saturated heterocycles. The van der Waals surface area contributed by atoms with Crippen LogP contribution in [0.15, 0.2) is 12.2 Å². The monoisotopic (exact) mass is 360 g/mol. The van der Waals surface area contributed by atoms with Gasteiger partial charge in [-0.05, 0) is 0 Å². The van der Waals surface area contributed by atoms with E-state index in [-0.39, 0.29) is 0 Å². The third kappa shape index (κ3) is 8.61. The molecule has 0 aliphatic rings. The van der Waals surface area contributed by atoms with Crippen molar-refractivity contribution in [3.05, 3.63) is 12.2 Å². The van der Waals surface area contributed by atoms with E-state index in [9.17, 15) is 0 Å². The van der Waals surface area contributed by atoms with Gasteiger partial charge in [0, 0.05) is 0 Å². The Hall–Kier alpha value is 0.539. The number of hydrogen-bond acceptors (Lipinski definition) is 0. The molecule has 0 aromatic rings. The molecule has 0 unspecified atom stereocenters. The van der Waals surface area contributed by atoms with Crippen LogP contribution in [0.5, 0.6) is 0 Å². The Balaban J connectivity index is 4.56. The van der Waals surface area contributed by atoms with Gasteiger partial charge in [0.1, 0.15) is 0 Å². The Kier molecular flexibility index (Phi) is 12.9. The fourth-order valence-corrected chi connectivity index (χ4v) is 18.1. The van der Waals surface area contributed by atoms with E-state index in [1.165, 1.54) is 49.4 Å². The number of rotatable bonds is 12. The number of allylic oxidation sites excluding steroid dienone is 2. The van der Waals surface area contributed by atoms with E-state index < -0.39 is 18.4 Å². The molecule has 0 aliphatic heterocycles. The zero-order valence-electron chi connectivity index (χ0n) is 13.4. The second kappa shape index (κ2) is 12.6. The van der Waals surface area contributed by atoms with Crippen LogP contribution >= 0.6 is 0 Å². The minimum absolute atomic E-state index is 1.22. The van der Waals surface area contributed by atoms with Crippen LogP contribution in [0.4, 0.5) is 0 Å². The molecule has 0 heterocycles. The summed E-state index contributed by atoms with van der Waals surface area (Å²) in [4.78, 5) is 0. The van der Waals surface area contributed by atoms with Gasteiger partial charge < -0.3 is 0 Å². The van der Waals surface area contributed by atoms with Crippen LogP contribution in [-0.2, 0) is 0 Å². The van der Waals surface area contributed by atoms with Crippen molar-refractivity contribution in [3.8, 4) is 0 Å². The summed E-state index contributed by atoms with van der Waals surface area (Å²) in [5.41, 5.74) is 0. The van der Waals surface area contributed by atoms with Crippen LogP contribution in [0, 0.1) is 0 Å². The molecule has 0 spiro atoms. The maximum absolute atomic E-state index is 2.55. The fourth-order valence-electron chi connectivity index (χ4n) is 2.84. The van der Waals surface area contributed by atoms with Gasteiger partial charge in [-0.1, -0.05) is 0 Å². The SMILES string of the molecule is CC/C=C\[CH2][Sn]([CH2]CCC)([CH2]CCC)[CH2]CCC. The summed E-state index contributed by atoms with van der Waals surface area (Å²) in [5, 5.41) is 0. The van der Waals surface area contributed by atoms with Gasteiger partial charge in [-0.3, -0.25) is 0 Å². The van der Waals surface area contributed by atoms with E-state index in [1.807, 2.05) is 0 Å². The van der Waals surface area contributed by atoms with Gasteiger partial charge in [-0.15, -0.1) is 0 Å². The van der Waals surface area contributed by atoms with Gasteiger partial charge >= 0.3 is 121 Å². The Labute approximate surface area is 121 Å². The average Bonchev–Trinajstić information content (AvgIpc) is 2.40. The van der Waals surface area contributed by atoms with Crippen molar-refractivity contribution < 1.29 is 0 Å². The molecule has 0 aromatic heterocycles. The van der Waals surface area contributed by atoms with Crippen molar-refractivity contribution in [2.75, 3.05) is 0 Å². The Morgan fingerprint density at radius 1 is 0.667 bits per heavy atom. The third-order valence-corrected chi connectivity index (χ3v) is 19.4. The number of unbranched alkanes of at least 4 members (excludes halogenated alkanes) is 3. The first-order valence-corrected chi connectivity index (χ1v) is 16.5. The van der Waals surface area contributed by atoms with Gasteiger partial charge in [0.05, 0.1) is 0 Å². The molecular formula is C17H36Sn. The second-order valence-corrected chi connectivity index (χ2v) is 19.9. The van der Waals surface area contributed by atoms with Crippen molar-refractivity contribution in [2.45, 2.75) is 90.4 Å². The van der Waals surface area contributed by atoms with E-state index in [4.69, 9.17) is 0 Å². The minimum atomic E-state index is -1.80. The summed E-state index contributed by atoms with van der Waals surface area (Å²) in [7, 11) is 0. The van der Waals surface area contributed by atoms with E-state index in [0.29, 0.717) is 0 Å². The third-order valence-electron chi connectivity index (χ3n) is 4.14. The van der Waals surface area contributed by atoms with Crippen LogP contribution in [0.25, 0.3) is 0 Å². The Morgan fingerprint density at radius 3 is 1.44 bits per heavy atom. The second-order valence-electron chi connectivity index (χ2n) is 5.89. The number of hydrogen-bond donors (Lipinski definition) is 0. The van der Waals surface area contributed by atoms with Gasteiger partial charge in [-0.25, -0.2) is 0 Å². The van der Waals surface area contributed by atoms with Gasteiger partial charge in [-0.2, -0.15) is 0 Å². The molecule has 108 valence electrons. The molecule has 0 aliphatic carbocycles. The zero-order valence-corrected chi connectivity index (χ0v) is 16.3. The molecule has 0 N–H and O–H groups in total. The van der Waals surface area contributed by atoms with Crippen LogP contribution in [0.1, 0.15) is 72.6 Å². The summed E-state index contributed by atoms with van der Waals surface area (Å²) in [6, 6.07) is 0. The van der Waals surface area contributed by atoms with Gasteiger partial charge in [0.25, 0.3) is 0 Å². The summed E-state index contributed by atoms with van der Waals surface area (Å²) in [5.74, 6) is 0. The first kappa shape index (κ1) is 18.5. The Bertz CT molecular complexity index is 174. The summed E-state index contributed by atoms with van der Waals surface area (Å²) < 4.78 is 6.49. The molecule has 0 aromatic carbocycles. The molecule has 0 bridgehead atoms. The summed E-state index contributed by atoms with van der Waals surface area (Å²) >= 11 is -1.80. The first-order valence-electron chi connectivity index (χ1n) is 8.39. The van der Waals surface area contributed by atoms with Crippen LogP contribution < -0.4 is 0 Å². The molecule has 0 fully saturated rings. The summed E-state index contributed by atoms with van der Waals surface area (Å²) in [6.45, 7) is 9.34. The molecule has 0 nitrogen and oxygen atoms in total. The molecule has 18 heavy (non-hydrogen) atoms. The molecular weight excluding hydrogens is 323 g/mol. The van der Waals surface area contributed by atoms with E-state index in [0.717, 1.165) is 0 Å². The van der Waals surface area contributed by atoms with Crippen molar-refractivity contribution in [1.82, 2.24) is 0 Å². The van der Waals surface area contributed by atoms with E-state index in [1.54, 1.807) is 13.3 Å². The van der Waals surface area contributed by atoms with Crippen molar-refractivity contribution in [3.63, 3.8) is 0 Å². The van der Waals surface area contributed by atoms with E-state index >= 15 is 0 Å². The zero-order chi connectivity index (χ0) is 13.7. The fraction of sp³-hybridized carbons (Fsp3) is 0.882. The van der Waals surface area contributed by atoms with Gasteiger partial charge in [0.15, 0.2) is 0 Å². The van der Waals surface area contributed by atoms with Crippen molar-refractivity contribution >= 4 is 18.4 Å². The van der Waals surface area contributed by atoms with Gasteiger partial charge in [0.2, 0.25) is 0 Å². The maximum atomic E-state index is 2.55. The average molecular weight is 359 g/mol. The van der Waals surface area contributed by atoms with Crippen molar-refractivity contribution in [2.24, 2.45) is 0 Å². The summed E-state index contributed by atoms with van der Waals surface area (Å²) in [6.07, 6.45) is 14.9. The normalized spacial score (nSPS) is 12.4. The molecule has 0 rings (SSSR count). The standard InChI is InChI=1S/C5H9.3C4H9.Sn/c1-3-5-4-2;3*1-3-4-2;/h3,5H,1,4H2,2H3;3*1,3-4H2,2H3;/b5-3-;;;;. The Morgan fingerprint density at radius 2 is 1.11 bits per heavy atom.